The van der Waals surface area contributed by atoms with E-state index in [4.69, 9.17) is 0 Å². The largest absolute Gasteiger partial charge is 0.338 e. The van der Waals surface area contributed by atoms with Crippen LogP contribution in [0.4, 0.5) is 0 Å². The summed E-state index contributed by atoms with van der Waals surface area (Å²) in [6, 6.07) is 2.74. The Hall–Kier alpha value is -1.67. The molecule has 8 heteroatoms. The maximum atomic E-state index is 12.8. The number of rotatable bonds is 4. The van der Waals surface area contributed by atoms with Gasteiger partial charge in [-0.15, -0.1) is 0 Å². The van der Waals surface area contributed by atoms with Gasteiger partial charge in [-0.25, -0.2) is 8.42 Å². The fourth-order valence-corrected chi connectivity index (χ4v) is 5.28. The molecule has 3 rings (SSSR count). The van der Waals surface area contributed by atoms with E-state index in [2.05, 4.69) is 0 Å². The van der Waals surface area contributed by atoms with Gasteiger partial charge in [0, 0.05) is 37.9 Å². The maximum absolute atomic E-state index is 12.8. The molecule has 1 atom stereocenters. The van der Waals surface area contributed by atoms with Gasteiger partial charge in [-0.3, -0.25) is 9.59 Å². The first-order valence-electron chi connectivity index (χ1n) is 9.40. The second-order valence-electron chi connectivity index (χ2n) is 7.23. The summed E-state index contributed by atoms with van der Waals surface area (Å²) in [6.45, 7) is 3.60. The number of nitrogens with zero attached hydrogens (tertiary/aromatic N) is 3. The number of hydrogen-bond donors (Lipinski definition) is 0. The Balaban J connectivity index is 1.81. The highest BCUT2D eigenvalue weighted by Gasteiger charge is 2.27. The van der Waals surface area contributed by atoms with Crippen LogP contribution in [0, 0.1) is 0 Å². The van der Waals surface area contributed by atoms with E-state index in [-0.39, 0.29) is 28.9 Å². The van der Waals surface area contributed by atoms with E-state index in [1.165, 1.54) is 27.2 Å². The Morgan fingerprint density at radius 3 is 2.46 bits per heavy atom. The van der Waals surface area contributed by atoms with Crippen molar-refractivity contribution in [2.75, 3.05) is 19.6 Å². The molecule has 2 saturated heterocycles. The van der Waals surface area contributed by atoms with Crippen molar-refractivity contribution in [1.29, 1.82) is 0 Å². The first-order valence-corrected chi connectivity index (χ1v) is 10.8. The van der Waals surface area contributed by atoms with Crippen LogP contribution in [-0.2, 0) is 21.4 Å². The van der Waals surface area contributed by atoms with Gasteiger partial charge in [-0.05, 0) is 45.1 Å². The van der Waals surface area contributed by atoms with Crippen LogP contribution in [0.5, 0.6) is 0 Å². The van der Waals surface area contributed by atoms with E-state index in [0.717, 1.165) is 38.5 Å². The lowest BCUT2D eigenvalue weighted by Crippen LogP contribution is -2.44. The molecule has 0 aliphatic carbocycles. The van der Waals surface area contributed by atoms with Crippen LogP contribution in [-0.4, -0.2) is 53.8 Å². The van der Waals surface area contributed by atoms with Crippen molar-refractivity contribution in [3.05, 3.63) is 28.7 Å². The van der Waals surface area contributed by atoms with Crippen LogP contribution < -0.4 is 5.56 Å². The highest BCUT2D eigenvalue weighted by Crippen LogP contribution is 2.20. The molecule has 1 amide bonds. The van der Waals surface area contributed by atoms with Gasteiger partial charge in [0.05, 0.1) is 4.90 Å². The molecule has 0 spiro atoms. The fraction of sp³-hybridized carbons (Fsp3) is 0.667. The number of aromatic nitrogens is 1. The first-order chi connectivity index (χ1) is 12.4. The second-order valence-corrected chi connectivity index (χ2v) is 9.17. The van der Waals surface area contributed by atoms with Crippen molar-refractivity contribution < 1.29 is 13.2 Å². The molecule has 7 nitrogen and oxygen atoms in total. The Morgan fingerprint density at radius 1 is 1.08 bits per heavy atom. The average Bonchev–Trinajstić information content (AvgIpc) is 2.64. The van der Waals surface area contributed by atoms with Gasteiger partial charge < -0.3 is 9.47 Å². The second kappa shape index (κ2) is 7.92. The zero-order valence-electron chi connectivity index (χ0n) is 15.3. The van der Waals surface area contributed by atoms with Crippen LogP contribution in [0.1, 0.15) is 45.4 Å². The van der Waals surface area contributed by atoms with Gasteiger partial charge in [0.2, 0.25) is 15.9 Å². The number of amides is 1. The molecule has 2 aliphatic heterocycles. The molecule has 1 aromatic rings. The van der Waals surface area contributed by atoms with Gasteiger partial charge >= 0.3 is 0 Å². The minimum Gasteiger partial charge on any atom is -0.338 e. The van der Waals surface area contributed by atoms with Crippen LogP contribution in [0.2, 0.25) is 0 Å². The number of piperidine rings is 2. The number of carbonyl (C=O) groups excluding carboxylic acids is 1. The highest BCUT2D eigenvalue weighted by atomic mass is 32.2. The van der Waals surface area contributed by atoms with Crippen LogP contribution in [0.25, 0.3) is 0 Å². The van der Waals surface area contributed by atoms with Gasteiger partial charge in [-0.2, -0.15) is 4.31 Å². The predicted octanol–water partition coefficient (Wildman–Crippen LogP) is 1.42. The van der Waals surface area contributed by atoms with Crippen molar-refractivity contribution in [2.45, 2.75) is 62.9 Å². The molecule has 3 heterocycles. The van der Waals surface area contributed by atoms with Crippen molar-refractivity contribution in [3.8, 4) is 0 Å². The molecule has 2 aliphatic rings. The summed E-state index contributed by atoms with van der Waals surface area (Å²) < 4.78 is 28.3. The Labute approximate surface area is 154 Å². The third-order valence-electron chi connectivity index (χ3n) is 5.34. The van der Waals surface area contributed by atoms with E-state index in [1.807, 2.05) is 6.92 Å². The van der Waals surface area contributed by atoms with E-state index in [0.29, 0.717) is 19.6 Å². The number of hydrogen-bond acceptors (Lipinski definition) is 4. The monoisotopic (exact) mass is 381 g/mol. The number of pyridine rings is 1. The van der Waals surface area contributed by atoms with Crippen LogP contribution >= 0.6 is 0 Å². The van der Waals surface area contributed by atoms with Crippen LogP contribution in [0.3, 0.4) is 0 Å². The first kappa shape index (κ1) is 19.1. The topological polar surface area (TPSA) is 79.7 Å². The van der Waals surface area contributed by atoms with E-state index in [9.17, 15) is 18.0 Å². The molecule has 0 N–H and O–H groups in total. The lowest BCUT2D eigenvalue weighted by molar-refractivity contribution is -0.135. The van der Waals surface area contributed by atoms with Crippen molar-refractivity contribution in [3.63, 3.8) is 0 Å². The van der Waals surface area contributed by atoms with Gasteiger partial charge in [0.25, 0.3) is 5.56 Å². The van der Waals surface area contributed by atoms with Crippen molar-refractivity contribution in [1.82, 2.24) is 13.8 Å². The molecular formula is C18H27N3O4S. The SMILES string of the molecule is C[C@H]1CCCCN1C(=O)Cn1cc(S(=O)(=O)N2CCCCC2)ccc1=O. The minimum absolute atomic E-state index is 0.0819. The van der Waals surface area contributed by atoms with Gasteiger partial charge in [0.1, 0.15) is 6.54 Å². The summed E-state index contributed by atoms with van der Waals surface area (Å²) in [4.78, 5) is 26.6. The van der Waals surface area contributed by atoms with Crippen molar-refractivity contribution in [2.24, 2.45) is 0 Å². The number of carbonyl (C=O) groups is 1. The van der Waals surface area contributed by atoms with E-state index < -0.39 is 10.0 Å². The van der Waals surface area contributed by atoms with E-state index >= 15 is 0 Å². The maximum Gasteiger partial charge on any atom is 0.251 e. The summed E-state index contributed by atoms with van der Waals surface area (Å²) >= 11 is 0. The molecule has 2 fully saturated rings. The smallest absolute Gasteiger partial charge is 0.251 e. The fourth-order valence-electron chi connectivity index (χ4n) is 3.75. The van der Waals surface area contributed by atoms with Crippen molar-refractivity contribution >= 4 is 15.9 Å². The van der Waals surface area contributed by atoms with Crippen LogP contribution in [0.15, 0.2) is 28.0 Å². The molecule has 26 heavy (non-hydrogen) atoms. The molecule has 0 saturated carbocycles. The molecule has 0 aromatic carbocycles. The number of likely N-dealkylation sites (tertiary alicyclic amines) is 1. The zero-order chi connectivity index (χ0) is 18.7. The molecule has 0 radical (unpaired) electrons. The summed E-state index contributed by atoms with van der Waals surface area (Å²) in [5, 5.41) is 0. The zero-order valence-corrected chi connectivity index (χ0v) is 16.1. The Kier molecular flexibility index (Phi) is 5.82. The molecular weight excluding hydrogens is 354 g/mol. The quantitative estimate of drug-likeness (QED) is 0.790. The summed E-state index contributed by atoms with van der Waals surface area (Å²) in [5.74, 6) is -0.133. The third kappa shape index (κ3) is 4.01. The lowest BCUT2D eigenvalue weighted by atomic mass is 10.0. The number of sulfonamides is 1. The standard InChI is InChI=1S/C18H27N3O4S/c1-15-7-3-6-12-21(15)18(23)14-19-13-16(8-9-17(19)22)26(24,25)20-10-4-2-5-11-20/h8-9,13,15H,2-7,10-12,14H2,1H3/t15-/m0/s1. The normalized spacial score (nSPS) is 22.3. The third-order valence-corrected chi connectivity index (χ3v) is 7.22. The summed E-state index contributed by atoms with van der Waals surface area (Å²) in [5.41, 5.74) is -0.361. The summed E-state index contributed by atoms with van der Waals surface area (Å²) in [6.07, 6.45) is 7.09. The summed E-state index contributed by atoms with van der Waals surface area (Å²) in [7, 11) is -3.62. The molecule has 1 aromatic heterocycles. The average molecular weight is 381 g/mol. The minimum atomic E-state index is -3.62. The molecule has 144 valence electrons. The highest BCUT2D eigenvalue weighted by molar-refractivity contribution is 7.89. The predicted molar refractivity (Wildman–Crippen MR) is 98.3 cm³/mol. The molecule has 0 unspecified atom stereocenters. The van der Waals surface area contributed by atoms with Gasteiger partial charge in [-0.1, -0.05) is 6.42 Å². The van der Waals surface area contributed by atoms with Gasteiger partial charge in [0.15, 0.2) is 0 Å². The molecule has 0 bridgehead atoms. The Bertz CT molecular complexity index is 812. The lowest BCUT2D eigenvalue weighted by Gasteiger charge is -2.33. The Morgan fingerprint density at radius 2 is 1.77 bits per heavy atom. The van der Waals surface area contributed by atoms with E-state index in [1.54, 1.807) is 4.90 Å².